The van der Waals surface area contributed by atoms with Crippen molar-refractivity contribution in [3.8, 4) is 0 Å². The van der Waals surface area contributed by atoms with Crippen molar-refractivity contribution in [2.24, 2.45) is 0 Å². The van der Waals surface area contributed by atoms with E-state index in [2.05, 4.69) is 9.40 Å². The predicted octanol–water partition coefficient (Wildman–Crippen LogP) is -0.135. The van der Waals surface area contributed by atoms with Gasteiger partial charge in [0.2, 0.25) is 11.7 Å². The lowest BCUT2D eigenvalue weighted by Crippen LogP contribution is -1.91. The average Bonchev–Trinajstić information content (AvgIpc) is 2.34. The number of carboxylic acids is 1. The van der Waals surface area contributed by atoms with Crippen molar-refractivity contribution < 1.29 is 19.4 Å². The number of aromatic nitrogens is 1. The van der Waals surface area contributed by atoms with Crippen molar-refractivity contribution >= 4 is 5.97 Å². The Morgan fingerprint density at radius 3 is 2.80 bits per heavy atom. The number of carboxylic acid groups (broad SMARTS) is 1. The van der Waals surface area contributed by atoms with Crippen LogP contribution in [0.15, 0.2) is 10.6 Å². The van der Waals surface area contributed by atoms with Crippen LogP contribution in [0.5, 0.6) is 0 Å². The molecule has 5 nitrogen and oxygen atoms in total. The van der Waals surface area contributed by atoms with E-state index in [1.807, 2.05) is 0 Å². The van der Waals surface area contributed by atoms with Gasteiger partial charge in [-0.2, -0.15) is 0 Å². The maximum atomic E-state index is 10.1. The first-order chi connectivity index (χ1) is 4.74. The molecule has 0 spiro atoms. The van der Waals surface area contributed by atoms with Gasteiger partial charge in [0.1, 0.15) is 6.61 Å². The molecule has 0 aliphatic rings. The summed E-state index contributed by atoms with van der Waals surface area (Å²) in [5, 5.41) is 16.7. The second-order valence-electron chi connectivity index (χ2n) is 1.58. The Hall–Kier alpha value is -1.36. The van der Waals surface area contributed by atoms with Crippen LogP contribution >= 0.6 is 0 Å². The summed E-state index contributed by atoms with van der Waals surface area (Å²) in [5.74, 6) is -1.44. The minimum Gasteiger partial charge on any atom is -0.475 e. The van der Waals surface area contributed by atoms with Gasteiger partial charge in [0.25, 0.3) is 0 Å². The van der Waals surface area contributed by atoms with Gasteiger partial charge in [-0.15, -0.1) is 0 Å². The molecule has 2 N–H and O–H groups in total. The molecule has 1 aromatic heterocycles. The molecule has 0 amide bonds. The number of nitrogens with zero attached hydrogens (tertiary/aromatic N) is 1. The zero-order valence-electron chi connectivity index (χ0n) is 4.94. The quantitative estimate of drug-likeness (QED) is 0.602. The number of hydrogen-bond donors (Lipinski definition) is 2. The Morgan fingerprint density at radius 2 is 2.50 bits per heavy atom. The summed E-state index contributed by atoms with van der Waals surface area (Å²) in [6.07, 6.45) is 1.05. The third-order valence-corrected chi connectivity index (χ3v) is 0.900. The molecule has 0 aliphatic heterocycles. The van der Waals surface area contributed by atoms with Crippen LogP contribution in [-0.4, -0.2) is 21.2 Å². The Balaban J connectivity index is 2.88. The molecule has 1 aromatic rings. The van der Waals surface area contributed by atoms with Crippen molar-refractivity contribution in [2.45, 2.75) is 6.61 Å². The molecule has 0 aromatic carbocycles. The summed E-state index contributed by atoms with van der Waals surface area (Å²) in [6, 6.07) is 0. The van der Waals surface area contributed by atoms with Crippen molar-refractivity contribution in [2.75, 3.05) is 0 Å². The van der Waals surface area contributed by atoms with Crippen LogP contribution in [0.2, 0.25) is 0 Å². The average molecular weight is 143 g/mol. The maximum Gasteiger partial charge on any atom is 0.373 e. The molecular weight excluding hydrogens is 138 g/mol. The van der Waals surface area contributed by atoms with Gasteiger partial charge in [-0.05, 0) is 0 Å². The third kappa shape index (κ3) is 1.14. The van der Waals surface area contributed by atoms with E-state index in [1.165, 1.54) is 0 Å². The topological polar surface area (TPSA) is 83.6 Å². The standard InChI is InChI=1S/C5H5NO4/c7-2-4-6-1-3(10-4)5(8)9/h1,7H,2H2,(H,8,9). The van der Waals surface area contributed by atoms with Crippen molar-refractivity contribution in [3.05, 3.63) is 17.8 Å². The summed E-state index contributed by atoms with van der Waals surface area (Å²) in [4.78, 5) is 13.6. The molecule has 0 saturated carbocycles. The van der Waals surface area contributed by atoms with E-state index in [0.29, 0.717) is 0 Å². The highest BCUT2D eigenvalue weighted by Crippen LogP contribution is 2.02. The maximum absolute atomic E-state index is 10.1. The number of aliphatic hydroxyl groups is 1. The Morgan fingerprint density at radius 1 is 1.80 bits per heavy atom. The number of aliphatic hydroxyl groups excluding tert-OH is 1. The molecule has 54 valence electrons. The molecule has 0 aliphatic carbocycles. The highest BCUT2D eigenvalue weighted by molar-refractivity contribution is 5.83. The van der Waals surface area contributed by atoms with E-state index >= 15 is 0 Å². The van der Waals surface area contributed by atoms with E-state index in [9.17, 15) is 4.79 Å². The lowest BCUT2D eigenvalue weighted by atomic mass is 10.5. The first kappa shape index (κ1) is 6.76. The Labute approximate surface area is 55.9 Å². The van der Waals surface area contributed by atoms with Gasteiger partial charge in [0, 0.05) is 0 Å². The molecule has 0 radical (unpaired) electrons. The van der Waals surface area contributed by atoms with Gasteiger partial charge in [-0.1, -0.05) is 0 Å². The summed E-state index contributed by atoms with van der Waals surface area (Å²) < 4.78 is 4.53. The molecular formula is C5H5NO4. The number of hydrogen-bond acceptors (Lipinski definition) is 4. The van der Waals surface area contributed by atoms with E-state index in [1.54, 1.807) is 0 Å². The molecule has 1 heterocycles. The minimum atomic E-state index is -1.19. The van der Waals surface area contributed by atoms with E-state index in [-0.39, 0.29) is 18.3 Å². The SMILES string of the molecule is O=C(O)c1cnc(CO)o1. The number of rotatable bonds is 2. The second-order valence-corrected chi connectivity index (χ2v) is 1.58. The van der Waals surface area contributed by atoms with Gasteiger partial charge < -0.3 is 14.6 Å². The summed E-state index contributed by atoms with van der Waals surface area (Å²) in [5.41, 5.74) is 0. The van der Waals surface area contributed by atoms with Gasteiger partial charge in [0.15, 0.2) is 0 Å². The van der Waals surface area contributed by atoms with Crippen molar-refractivity contribution in [1.82, 2.24) is 4.98 Å². The van der Waals surface area contributed by atoms with E-state index in [0.717, 1.165) is 6.20 Å². The van der Waals surface area contributed by atoms with Gasteiger partial charge in [-0.25, -0.2) is 9.78 Å². The summed E-state index contributed by atoms with van der Waals surface area (Å²) in [7, 11) is 0. The zero-order valence-corrected chi connectivity index (χ0v) is 4.94. The lowest BCUT2D eigenvalue weighted by molar-refractivity contribution is 0.0657. The normalized spacial score (nSPS) is 9.70. The fourth-order valence-electron chi connectivity index (χ4n) is 0.482. The van der Waals surface area contributed by atoms with Crippen LogP contribution < -0.4 is 0 Å². The molecule has 0 bridgehead atoms. The third-order valence-electron chi connectivity index (χ3n) is 0.900. The smallest absolute Gasteiger partial charge is 0.373 e. The van der Waals surface area contributed by atoms with Crippen LogP contribution in [0.1, 0.15) is 16.4 Å². The van der Waals surface area contributed by atoms with Crippen molar-refractivity contribution in [1.29, 1.82) is 0 Å². The molecule has 10 heavy (non-hydrogen) atoms. The first-order valence-corrected chi connectivity index (χ1v) is 2.53. The number of aromatic carboxylic acids is 1. The van der Waals surface area contributed by atoms with Gasteiger partial charge >= 0.3 is 5.97 Å². The predicted molar refractivity (Wildman–Crippen MR) is 29.4 cm³/mol. The fourth-order valence-corrected chi connectivity index (χ4v) is 0.482. The monoisotopic (exact) mass is 143 g/mol. The highest BCUT2D eigenvalue weighted by atomic mass is 16.4. The molecule has 0 atom stereocenters. The zero-order chi connectivity index (χ0) is 7.56. The summed E-state index contributed by atoms with van der Waals surface area (Å²) >= 11 is 0. The molecule has 0 saturated heterocycles. The number of oxazole rings is 1. The second kappa shape index (κ2) is 2.49. The van der Waals surface area contributed by atoms with Crippen LogP contribution in [0.25, 0.3) is 0 Å². The van der Waals surface area contributed by atoms with Crippen LogP contribution in [0, 0.1) is 0 Å². The largest absolute Gasteiger partial charge is 0.475 e. The molecule has 5 heteroatoms. The van der Waals surface area contributed by atoms with Gasteiger partial charge in [0.05, 0.1) is 6.20 Å². The van der Waals surface area contributed by atoms with Crippen LogP contribution in [0.4, 0.5) is 0 Å². The number of carbonyl (C=O) groups is 1. The molecule has 1 rings (SSSR count). The van der Waals surface area contributed by atoms with Crippen LogP contribution in [-0.2, 0) is 6.61 Å². The fraction of sp³-hybridized carbons (Fsp3) is 0.200. The first-order valence-electron chi connectivity index (χ1n) is 2.53. The lowest BCUT2D eigenvalue weighted by Gasteiger charge is -1.83. The minimum absolute atomic E-state index is 0.0115. The highest BCUT2D eigenvalue weighted by Gasteiger charge is 2.08. The summed E-state index contributed by atoms with van der Waals surface area (Å²) in [6.45, 7) is -0.382. The van der Waals surface area contributed by atoms with Gasteiger partial charge in [-0.3, -0.25) is 0 Å². The van der Waals surface area contributed by atoms with E-state index in [4.69, 9.17) is 10.2 Å². The molecule has 0 unspecified atom stereocenters. The Kier molecular flexibility index (Phi) is 1.68. The van der Waals surface area contributed by atoms with Crippen LogP contribution in [0.3, 0.4) is 0 Å². The van der Waals surface area contributed by atoms with E-state index < -0.39 is 5.97 Å². The molecule has 0 fully saturated rings. The Bertz CT molecular complexity index is 242. The van der Waals surface area contributed by atoms with Crippen molar-refractivity contribution in [3.63, 3.8) is 0 Å².